The van der Waals surface area contributed by atoms with Crippen molar-refractivity contribution in [2.45, 2.75) is 13.0 Å². The number of aliphatic carboxylic acids is 3. The van der Waals surface area contributed by atoms with E-state index in [1.807, 2.05) is 0 Å². The van der Waals surface area contributed by atoms with Crippen LogP contribution < -0.4 is 0 Å². The van der Waals surface area contributed by atoms with Crippen molar-refractivity contribution in [3.8, 4) is 0 Å². The number of ether oxygens (including phenoxy) is 1. The van der Waals surface area contributed by atoms with Crippen LogP contribution in [0.25, 0.3) is 0 Å². The first-order chi connectivity index (χ1) is 12.1. The molecule has 1 saturated carbocycles. The molecule has 11 heteroatoms. The van der Waals surface area contributed by atoms with E-state index in [9.17, 15) is 24.3 Å². The van der Waals surface area contributed by atoms with Gasteiger partial charge in [0, 0.05) is 11.5 Å². The highest BCUT2D eigenvalue weighted by Crippen LogP contribution is 2.47. The van der Waals surface area contributed by atoms with Gasteiger partial charge in [0.2, 0.25) is 0 Å². The number of esters is 1. The van der Waals surface area contributed by atoms with Crippen LogP contribution in [0.2, 0.25) is 0 Å². The Balaban J connectivity index is 2.46. The van der Waals surface area contributed by atoms with Crippen molar-refractivity contribution >= 4 is 23.9 Å². The Kier molecular flexibility index (Phi) is 7.68. The minimum absolute atomic E-state index is 0.145. The predicted molar refractivity (Wildman–Crippen MR) is 80.6 cm³/mol. The molecular formula is C15H20O11. The zero-order valence-electron chi connectivity index (χ0n) is 13.9. The quantitative estimate of drug-likeness (QED) is 0.116. The summed E-state index contributed by atoms with van der Waals surface area (Å²) in [6.45, 7) is 3.46. The molecule has 146 valence electrons. The van der Waals surface area contributed by atoms with Crippen LogP contribution in [0.5, 0.6) is 0 Å². The number of carbonyl (C=O) groups is 4. The van der Waals surface area contributed by atoms with Crippen LogP contribution in [0.3, 0.4) is 0 Å². The summed E-state index contributed by atoms with van der Waals surface area (Å²) in [6, 6.07) is 0. The minimum Gasteiger partial charge on any atom is -0.481 e. The van der Waals surface area contributed by atoms with Gasteiger partial charge in [-0.15, -0.1) is 0 Å². The Morgan fingerprint density at radius 1 is 0.923 bits per heavy atom. The fourth-order valence-corrected chi connectivity index (χ4v) is 2.62. The first-order valence-electron chi connectivity index (χ1n) is 7.51. The molecule has 1 aliphatic rings. The van der Waals surface area contributed by atoms with Gasteiger partial charge in [0.25, 0.3) is 0 Å². The van der Waals surface area contributed by atoms with E-state index >= 15 is 0 Å². The maximum absolute atomic E-state index is 11.2. The predicted octanol–water partition coefficient (Wildman–Crippen LogP) is -0.853. The third-order valence-electron chi connectivity index (χ3n) is 3.91. The Hall–Kier alpha value is -2.50. The SMILES string of the molecule is C=C(C)C(=O)OCC(O)COOCC1C(C(=O)O)C(C(=O)O)C1C(=O)O. The minimum atomic E-state index is -1.56. The zero-order valence-corrected chi connectivity index (χ0v) is 13.9. The standard InChI is InChI=1S/C15H20O11/c1-6(2)15(23)24-3-7(16)4-25-26-5-8-9(12(17)18)11(14(21)22)10(8)13(19)20/h7-11,16H,1,3-5H2,2H3,(H,17,18)(H,19,20)(H,21,22). The van der Waals surface area contributed by atoms with Crippen molar-refractivity contribution in [2.75, 3.05) is 19.8 Å². The van der Waals surface area contributed by atoms with E-state index in [0.717, 1.165) is 0 Å². The molecule has 11 nitrogen and oxygen atoms in total. The van der Waals surface area contributed by atoms with Gasteiger partial charge in [0.15, 0.2) is 0 Å². The Labute approximate surface area is 147 Å². The zero-order chi connectivity index (χ0) is 20.0. The van der Waals surface area contributed by atoms with Gasteiger partial charge in [0.1, 0.15) is 19.3 Å². The molecule has 0 heterocycles. The maximum atomic E-state index is 11.2. The van der Waals surface area contributed by atoms with E-state index in [-0.39, 0.29) is 5.57 Å². The molecule has 3 unspecified atom stereocenters. The lowest BCUT2D eigenvalue weighted by atomic mass is 9.56. The molecule has 1 rings (SSSR count). The fraction of sp³-hybridized carbons (Fsp3) is 0.600. The summed E-state index contributed by atoms with van der Waals surface area (Å²) >= 11 is 0. The number of aliphatic hydroxyl groups is 1. The molecule has 0 bridgehead atoms. The van der Waals surface area contributed by atoms with Gasteiger partial charge in [-0.2, -0.15) is 0 Å². The second kappa shape index (κ2) is 9.27. The Bertz CT molecular complexity index is 562. The van der Waals surface area contributed by atoms with Gasteiger partial charge >= 0.3 is 23.9 Å². The van der Waals surface area contributed by atoms with Crippen molar-refractivity contribution in [3.05, 3.63) is 12.2 Å². The Morgan fingerprint density at radius 3 is 1.85 bits per heavy atom. The molecule has 0 aromatic carbocycles. The highest BCUT2D eigenvalue weighted by Gasteiger charge is 2.61. The van der Waals surface area contributed by atoms with Crippen LogP contribution in [0.4, 0.5) is 0 Å². The van der Waals surface area contributed by atoms with Crippen LogP contribution in [0, 0.1) is 23.7 Å². The monoisotopic (exact) mass is 376 g/mol. The molecule has 3 atom stereocenters. The van der Waals surface area contributed by atoms with Crippen molar-refractivity contribution in [3.63, 3.8) is 0 Å². The average molecular weight is 376 g/mol. The lowest BCUT2D eigenvalue weighted by molar-refractivity contribution is -0.322. The molecule has 0 radical (unpaired) electrons. The summed E-state index contributed by atoms with van der Waals surface area (Å²) in [5, 5.41) is 36.7. The van der Waals surface area contributed by atoms with E-state index in [0.29, 0.717) is 0 Å². The van der Waals surface area contributed by atoms with Gasteiger partial charge in [-0.05, 0) is 6.92 Å². The second-order valence-electron chi connectivity index (χ2n) is 5.86. The second-order valence-corrected chi connectivity index (χ2v) is 5.86. The first kappa shape index (κ1) is 21.5. The summed E-state index contributed by atoms with van der Waals surface area (Å²) in [5.41, 5.74) is 0.145. The van der Waals surface area contributed by atoms with Gasteiger partial charge in [-0.25, -0.2) is 14.6 Å². The average Bonchev–Trinajstić information content (AvgIpc) is 2.49. The van der Waals surface area contributed by atoms with E-state index < -0.39 is 73.5 Å². The number of carboxylic acids is 3. The normalized spacial score (nSPS) is 25.6. The summed E-state index contributed by atoms with van der Waals surface area (Å²) < 4.78 is 4.67. The highest BCUT2D eigenvalue weighted by atomic mass is 17.2. The molecule has 1 fully saturated rings. The highest BCUT2D eigenvalue weighted by molar-refractivity contribution is 5.89. The van der Waals surface area contributed by atoms with E-state index in [1.165, 1.54) is 6.92 Å². The van der Waals surface area contributed by atoms with Crippen LogP contribution >= 0.6 is 0 Å². The Morgan fingerprint density at radius 2 is 1.42 bits per heavy atom. The lowest BCUT2D eigenvalue weighted by Crippen LogP contribution is -2.58. The molecule has 4 N–H and O–H groups in total. The first-order valence-corrected chi connectivity index (χ1v) is 7.51. The summed E-state index contributed by atoms with van der Waals surface area (Å²) in [7, 11) is 0. The molecule has 0 aromatic heterocycles. The summed E-state index contributed by atoms with van der Waals surface area (Å²) in [4.78, 5) is 53.9. The molecule has 0 amide bonds. The lowest BCUT2D eigenvalue weighted by Gasteiger charge is -2.44. The van der Waals surface area contributed by atoms with Crippen LogP contribution in [0.15, 0.2) is 12.2 Å². The van der Waals surface area contributed by atoms with Crippen LogP contribution in [-0.2, 0) is 33.7 Å². The van der Waals surface area contributed by atoms with E-state index in [4.69, 9.17) is 20.2 Å². The third kappa shape index (κ3) is 5.25. The number of rotatable bonds is 11. The summed E-state index contributed by atoms with van der Waals surface area (Å²) in [5.74, 6) is -10.7. The van der Waals surface area contributed by atoms with Gasteiger partial charge < -0.3 is 25.2 Å². The number of hydrogen-bond donors (Lipinski definition) is 4. The third-order valence-corrected chi connectivity index (χ3v) is 3.91. The van der Waals surface area contributed by atoms with Gasteiger partial charge in [-0.1, -0.05) is 6.58 Å². The van der Waals surface area contributed by atoms with Gasteiger partial charge in [-0.3, -0.25) is 14.4 Å². The smallest absolute Gasteiger partial charge is 0.333 e. The van der Waals surface area contributed by atoms with Crippen molar-refractivity contribution in [1.82, 2.24) is 0 Å². The number of carboxylic acid groups (broad SMARTS) is 3. The van der Waals surface area contributed by atoms with Gasteiger partial charge in [0.05, 0.1) is 24.4 Å². The number of aliphatic hydroxyl groups excluding tert-OH is 1. The molecule has 0 spiro atoms. The largest absolute Gasteiger partial charge is 0.481 e. The molecule has 1 aliphatic carbocycles. The molecule has 0 aliphatic heterocycles. The van der Waals surface area contributed by atoms with E-state index in [2.05, 4.69) is 16.2 Å². The van der Waals surface area contributed by atoms with Crippen molar-refractivity contribution in [1.29, 1.82) is 0 Å². The maximum Gasteiger partial charge on any atom is 0.333 e. The summed E-state index contributed by atoms with van der Waals surface area (Å²) in [6.07, 6.45) is -1.24. The molecule has 0 saturated heterocycles. The fourth-order valence-electron chi connectivity index (χ4n) is 2.62. The van der Waals surface area contributed by atoms with Crippen LogP contribution in [0.1, 0.15) is 6.92 Å². The molecular weight excluding hydrogens is 356 g/mol. The van der Waals surface area contributed by atoms with Crippen LogP contribution in [-0.4, -0.2) is 70.2 Å². The number of carbonyl (C=O) groups excluding carboxylic acids is 1. The van der Waals surface area contributed by atoms with E-state index in [1.54, 1.807) is 0 Å². The van der Waals surface area contributed by atoms with Crippen molar-refractivity contribution in [2.24, 2.45) is 23.7 Å². The molecule has 26 heavy (non-hydrogen) atoms. The number of hydrogen-bond acceptors (Lipinski definition) is 8. The molecule has 0 aromatic rings. The topological polar surface area (TPSA) is 177 Å². The van der Waals surface area contributed by atoms with Crippen molar-refractivity contribution < 1.29 is 54.1 Å².